The third-order valence-corrected chi connectivity index (χ3v) is 3.98. The van der Waals surface area contributed by atoms with Crippen molar-refractivity contribution in [3.8, 4) is 0 Å². The molecule has 26 heavy (non-hydrogen) atoms. The van der Waals surface area contributed by atoms with Crippen LogP contribution in [0.25, 0.3) is 12.2 Å². The number of ether oxygens (including phenoxy) is 1. The Morgan fingerprint density at radius 3 is 2.15 bits per heavy atom. The minimum Gasteiger partial charge on any atom is -0.485 e. The molecule has 0 amide bonds. The van der Waals surface area contributed by atoms with Crippen LogP contribution in [0.3, 0.4) is 0 Å². The van der Waals surface area contributed by atoms with Crippen molar-refractivity contribution in [3.05, 3.63) is 120 Å². The predicted molar refractivity (Wildman–Crippen MR) is 107 cm³/mol. The molecule has 3 aromatic carbocycles. The second-order valence-electron chi connectivity index (χ2n) is 5.81. The zero-order valence-corrected chi connectivity index (χ0v) is 14.5. The van der Waals surface area contributed by atoms with Crippen molar-refractivity contribution < 1.29 is 9.53 Å². The van der Waals surface area contributed by atoms with E-state index >= 15 is 0 Å². The van der Waals surface area contributed by atoms with Crippen molar-refractivity contribution in [1.29, 1.82) is 0 Å². The summed E-state index contributed by atoms with van der Waals surface area (Å²) in [6.07, 6.45) is 3.47. The Bertz CT molecular complexity index is 909. The van der Waals surface area contributed by atoms with Crippen LogP contribution in [0.2, 0.25) is 0 Å². The lowest BCUT2D eigenvalue weighted by atomic mass is 10.0. The smallest absolute Gasteiger partial charge is 0.228 e. The number of hydrogen-bond acceptors (Lipinski definition) is 2. The molecule has 0 radical (unpaired) electrons. The minimum absolute atomic E-state index is 0.153. The summed E-state index contributed by atoms with van der Waals surface area (Å²) in [6.45, 7) is 4.13. The fourth-order valence-electron chi connectivity index (χ4n) is 2.62. The molecule has 0 aromatic heterocycles. The highest BCUT2D eigenvalue weighted by molar-refractivity contribution is 6.11. The first kappa shape index (κ1) is 17.4. The fourth-order valence-corrected chi connectivity index (χ4v) is 2.62. The summed E-state index contributed by atoms with van der Waals surface area (Å²) in [5.74, 6) is 0.162. The molecule has 0 N–H and O–H groups in total. The van der Waals surface area contributed by atoms with Crippen molar-refractivity contribution >= 4 is 17.9 Å². The number of carbonyl (C=O) groups excluding carboxylic acids is 1. The van der Waals surface area contributed by atoms with Gasteiger partial charge in [-0.3, -0.25) is 4.79 Å². The topological polar surface area (TPSA) is 26.3 Å². The van der Waals surface area contributed by atoms with E-state index in [0.717, 1.165) is 16.7 Å². The number of carbonyl (C=O) groups is 1. The highest BCUT2D eigenvalue weighted by Crippen LogP contribution is 2.19. The number of allylic oxidation sites excluding steroid dienone is 1. The van der Waals surface area contributed by atoms with Gasteiger partial charge in [0.1, 0.15) is 6.61 Å². The number of hydrogen-bond donors (Lipinski definition) is 0. The lowest BCUT2D eigenvalue weighted by molar-refractivity contribution is 0.0909. The van der Waals surface area contributed by atoms with Gasteiger partial charge < -0.3 is 4.74 Å². The van der Waals surface area contributed by atoms with Gasteiger partial charge in [-0.25, -0.2) is 0 Å². The van der Waals surface area contributed by atoms with E-state index in [4.69, 9.17) is 4.74 Å². The van der Waals surface area contributed by atoms with Crippen LogP contribution in [0.15, 0.2) is 97.3 Å². The Balaban J connectivity index is 1.93. The summed E-state index contributed by atoms with van der Waals surface area (Å²) < 4.78 is 5.93. The molecule has 0 aliphatic heterocycles. The normalized spacial score (nSPS) is 11.0. The molecule has 0 spiro atoms. The number of Topliss-reactive ketones (excluding diaryl/α,β-unsaturated/α-hetero) is 1. The van der Waals surface area contributed by atoms with Crippen LogP contribution in [-0.2, 0) is 11.3 Å². The maximum atomic E-state index is 13.1. The quantitative estimate of drug-likeness (QED) is 0.310. The van der Waals surface area contributed by atoms with E-state index in [1.807, 2.05) is 78.9 Å². The molecule has 0 saturated carbocycles. The van der Waals surface area contributed by atoms with Crippen LogP contribution in [0.4, 0.5) is 0 Å². The first-order valence-corrected chi connectivity index (χ1v) is 8.47. The molecule has 2 heteroatoms. The van der Waals surface area contributed by atoms with Crippen LogP contribution in [0, 0.1) is 0 Å². The predicted octanol–water partition coefficient (Wildman–Crippen LogP) is 5.77. The summed E-state index contributed by atoms with van der Waals surface area (Å²) in [6, 6.07) is 26.9. The fraction of sp³-hybridized carbons (Fsp3) is 0.0417. The Morgan fingerprint density at radius 1 is 0.846 bits per heavy atom. The van der Waals surface area contributed by atoms with E-state index in [1.54, 1.807) is 18.2 Å². The largest absolute Gasteiger partial charge is 0.485 e. The molecule has 3 aromatic rings. The monoisotopic (exact) mass is 340 g/mol. The summed E-state index contributed by atoms with van der Waals surface area (Å²) >= 11 is 0. The lowest BCUT2D eigenvalue weighted by Crippen LogP contribution is -2.09. The van der Waals surface area contributed by atoms with Gasteiger partial charge in [0, 0.05) is 5.56 Å². The minimum atomic E-state index is -0.153. The van der Waals surface area contributed by atoms with Crippen LogP contribution < -0.4 is 0 Å². The average molecular weight is 340 g/mol. The second kappa shape index (κ2) is 8.63. The van der Waals surface area contributed by atoms with Crippen LogP contribution in [0.1, 0.15) is 27.0 Å². The Morgan fingerprint density at radius 2 is 1.46 bits per heavy atom. The summed E-state index contributed by atoms with van der Waals surface area (Å²) in [5.41, 5.74) is 3.30. The summed E-state index contributed by atoms with van der Waals surface area (Å²) in [4.78, 5) is 13.1. The second-order valence-corrected chi connectivity index (χ2v) is 5.81. The molecule has 0 aliphatic rings. The third-order valence-electron chi connectivity index (χ3n) is 3.98. The lowest BCUT2D eigenvalue weighted by Gasteiger charge is -2.12. The van der Waals surface area contributed by atoms with Gasteiger partial charge in [0.25, 0.3) is 0 Å². The summed E-state index contributed by atoms with van der Waals surface area (Å²) in [7, 11) is 0. The standard InChI is InChI=1S/C24H20O2/c1-2-21-15-9-10-16-22(21)24(25)23(17-19-11-5-3-6-12-19)26-18-20-13-7-4-8-14-20/h2-17H,1,18H2. The molecule has 0 atom stereocenters. The van der Waals surface area contributed by atoms with Gasteiger partial charge >= 0.3 is 0 Å². The van der Waals surface area contributed by atoms with Crippen LogP contribution >= 0.6 is 0 Å². The molecule has 0 aliphatic carbocycles. The molecule has 0 saturated heterocycles. The Hall–Kier alpha value is -3.39. The van der Waals surface area contributed by atoms with Crippen LogP contribution in [0.5, 0.6) is 0 Å². The van der Waals surface area contributed by atoms with Gasteiger partial charge in [0.05, 0.1) is 0 Å². The Labute approximate surface area is 154 Å². The van der Waals surface area contributed by atoms with Crippen LogP contribution in [-0.4, -0.2) is 5.78 Å². The highest BCUT2D eigenvalue weighted by Gasteiger charge is 2.16. The molecule has 0 unspecified atom stereocenters. The summed E-state index contributed by atoms with van der Waals surface area (Å²) in [5, 5.41) is 0. The molecule has 0 heterocycles. The molecule has 128 valence electrons. The maximum absolute atomic E-state index is 13.1. The first-order valence-electron chi connectivity index (χ1n) is 8.47. The number of ketones is 1. The van der Waals surface area contributed by atoms with Gasteiger partial charge in [-0.15, -0.1) is 0 Å². The van der Waals surface area contributed by atoms with Gasteiger partial charge in [0.2, 0.25) is 5.78 Å². The molecule has 3 rings (SSSR count). The van der Waals surface area contributed by atoms with Crippen molar-refractivity contribution in [1.82, 2.24) is 0 Å². The van der Waals surface area contributed by atoms with Gasteiger partial charge in [-0.1, -0.05) is 97.6 Å². The maximum Gasteiger partial charge on any atom is 0.228 e. The van der Waals surface area contributed by atoms with E-state index in [1.165, 1.54) is 0 Å². The van der Waals surface area contributed by atoms with Crippen molar-refractivity contribution in [2.24, 2.45) is 0 Å². The van der Waals surface area contributed by atoms with E-state index in [9.17, 15) is 4.79 Å². The van der Waals surface area contributed by atoms with Gasteiger partial charge in [0.15, 0.2) is 5.76 Å². The Kier molecular flexibility index (Phi) is 5.79. The molecule has 0 bridgehead atoms. The highest BCUT2D eigenvalue weighted by atomic mass is 16.5. The van der Waals surface area contributed by atoms with Crippen molar-refractivity contribution in [3.63, 3.8) is 0 Å². The SMILES string of the molecule is C=Cc1ccccc1C(=O)C(=Cc1ccccc1)OCc1ccccc1. The van der Waals surface area contributed by atoms with Crippen molar-refractivity contribution in [2.75, 3.05) is 0 Å². The van der Waals surface area contributed by atoms with Gasteiger partial charge in [-0.05, 0) is 22.8 Å². The third kappa shape index (κ3) is 4.37. The van der Waals surface area contributed by atoms with E-state index in [0.29, 0.717) is 17.9 Å². The number of rotatable bonds is 7. The molecular formula is C24H20O2. The van der Waals surface area contributed by atoms with E-state index < -0.39 is 0 Å². The van der Waals surface area contributed by atoms with E-state index in [-0.39, 0.29) is 5.78 Å². The molecular weight excluding hydrogens is 320 g/mol. The first-order chi connectivity index (χ1) is 12.8. The number of benzene rings is 3. The molecule has 0 fully saturated rings. The zero-order chi connectivity index (χ0) is 18.2. The average Bonchev–Trinajstić information content (AvgIpc) is 2.72. The van der Waals surface area contributed by atoms with E-state index in [2.05, 4.69) is 6.58 Å². The zero-order valence-electron chi connectivity index (χ0n) is 14.5. The van der Waals surface area contributed by atoms with Gasteiger partial charge in [-0.2, -0.15) is 0 Å². The molecule has 2 nitrogen and oxygen atoms in total. The van der Waals surface area contributed by atoms with Crippen molar-refractivity contribution in [2.45, 2.75) is 6.61 Å².